The molecule has 1 heterocycles. The molecular formula is C26H20F8O3. The molecule has 1 aliphatic rings. The summed E-state index contributed by atoms with van der Waals surface area (Å²) in [6.45, 7) is 0.395. The number of alkyl halides is 5. The number of rotatable bonds is 6. The molecule has 0 aromatic heterocycles. The Morgan fingerprint density at radius 1 is 0.784 bits per heavy atom. The molecule has 3 aromatic rings. The zero-order chi connectivity index (χ0) is 27.0. The molecule has 3 nitrogen and oxygen atoms in total. The van der Waals surface area contributed by atoms with E-state index in [4.69, 9.17) is 9.47 Å². The van der Waals surface area contributed by atoms with Gasteiger partial charge in [0.1, 0.15) is 5.82 Å². The number of benzene rings is 3. The number of methoxy groups -OCH3 is 1. The number of halogens is 8. The van der Waals surface area contributed by atoms with E-state index in [9.17, 15) is 35.1 Å². The highest BCUT2D eigenvalue weighted by Gasteiger charge is 2.61. The van der Waals surface area contributed by atoms with Gasteiger partial charge in [-0.05, 0) is 47.7 Å². The summed E-state index contributed by atoms with van der Waals surface area (Å²) in [6, 6.07) is 11.6. The normalized spacial score (nSPS) is 18.6. The third-order valence-electron chi connectivity index (χ3n) is 6.08. The van der Waals surface area contributed by atoms with Crippen LogP contribution < -0.4 is 4.74 Å². The van der Waals surface area contributed by atoms with Gasteiger partial charge in [0, 0.05) is 24.2 Å². The van der Waals surface area contributed by atoms with E-state index in [1.54, 1.807) is 19.2 Å². The molecule has 0 bridgehead atoms. The van der Waals surface area contributed by atoms with Crippen molar-refractivity contribution >= 4 is 0 Å². The first-order chi connectivity index (χ1) is 17.4. The molecule has 3 aromatic carbocycles. The maximum Gasteiger partial charge on any atom is 0.499 e. The Kier molecular flexibility index (Phi) is 7.48. The zero-order valence-electron chi connectivity index (χ0n) is 19.2. The lowest BCUT2D eigenvalue weighted by molar-refractivity contribution is -0.361. The molecule has 0 aliphatic carbocycles. The summed E-state index contributed by atoms with van der Waals surface area (Å²) in [5.41, 5.74) is 1.13. The molecule has 2 unspecified atom stereocenters. The third-order valence-corrected chi connectivity index (χ3v) is 6.08. The van der Waals surface area contributed by atoms with Crippen LogP contribution >= 0.6 is 0 Å². The fraction of sp³-hybridized carbons (Fsp3) is 0.308. The average Bonchev–Trinajstić information content (AvgIpc) is 2.86. The van der Waals surface area contributed by atoms with Gasteiger partial charge in [-0.15, -0.1) is 0 Å². The summed E-state index contributed by atoms with van der Waals surface area (Å²) in [5, 5.41) is 0. The minimum absolute atomic E-state index is 0.0123. The third kappa shape index (κ3) is 5.57. The summed E-state index contributed by atoms with van der Waals surface area (Å²) >= 11 is 0. The minimum Gasteiger partial charge on any atom is -0.423 e. The van der Waals surface area contributed by atoms with Gasteiger partial charge >= 0.3 is 12.3 Å². The van der Waals surface area contributed by atoms with E-state index in [0.717, 1.165) is 18.1 Å². The molecule has 37 heavy (non-hydrogen) atoms. The van der Waals surface area contributed by atoms with Crippen molar-refractivity contribution in [1.82, 2.24) is 0 Å². The van der Waals surface area contributed by atoms with Crippen LogP contribution in [0.5, 0.6) is 5.75 Å². The molecule has 1 aliphatic heterocycles. The van der Waals surface area contributed by atoms with E-state index < -0.39 is 41.0 Å². The topological polar surface area (TPSA) is 27.7 Å². The lowest BCUT2D eigenvalue weighted by atomic mass is 9.91. The average molecular weight is 532 g/mol. The number of hydrogen-bond donors (Lipinski definition) is 0. The van der Waals surface area contributed by atoms with Gasteiger partial charge in [0.15, 0.2) is 17.9 Å². The highest BCUT2D eigenvalue weighted by molar-refractivity contribution is 5.71. The van der Waals surface area contributed by atoms with Crippen molar-refractivity contribution in [2.45, 2.75) is 37.3 Å². The molecule has 1 fully saturated rings. The summed E-state index contributed by atoms with van der Waals surface area (Å²) in [6.07, 6.45) is -10.6. The lowest BCUT2D eigenvalue weighted by Crippen LogP contribution is -2.42. The van der Waals surface area contributed by atoms with Crippen LogP contribution in [-0.2, 0) is 9.47 Å². The van der Waals surface area contributed by atoms with Crippen LogP contribution in [-0.4, -0.2) is 32.3 Å². The van der Waals surface area contributed by atoms with Gasteiger partial charge < -0.3 is 14.2 Å². The molecule has 4 rings (SSSR count). The van der Waals surface area contributed by atoms with Crippen molar-refractivity contribution < 1.29 is 49.3 Å². The van der Waals surface area contributed by atoms with E-state index >= 15 is 0 Å². The smallest absolute Gasteiger partial charge is 0.423 e. The van der Waals surface area contributed by atoms with Crippen LogP contribution in [0.15, 0.2) is 54.6 Å². The Balaban J connectivity index is 1.53. The predicted molar refractivity (Wildman–Crippen MR) is 118 cm³/mol. The summed E-state index contributed by atoms with van der Waals surface area (Å²) in [7, 11) is 1.55. The lowest BCUT2D eigenvalue weighted by Gasteiger charge is -2.28. The second-order valence-electron chi connectivity index (χ2n) is 8.45. The van der Waals surface area contributed by atoms with Crippen LogP contribution in [0.4, 0.5) is 35.1 Å². The largest absolute Gasteiger partial charge is 0.499 e. The quantitative estimate of drug-likeness (QED) is 0.303. The van der Waals surface area contributed by atoms with Gasteiger partial charge in [-0.1, -0.05) is 36.4 Å². The van der Waals surface area contributed by atoms with Crippen LogP contribution in [0.1, 0.15) is 24.3 Å². The molecule has 2 atom stereocenters. The van der Waals surface area contributed by atoms with Crippen molar-refractivity contribution in [2.75, 3.05) is 13.7 Å². The Hall–Kier alpha value is -3.18. The van der Waals surface area contributed by atoms with Gasteiger partial charge in [0.05, 0.1) is 6.61 Å². The van der Waals surface area contributed by atoms with Crippen LogP contribution in [0, 0.1) is 17.5 Å². The van der Waals surface area contributed by atoms with Crippen molar-refractivity contribution in [3.63, 3.8) is 0 Å². The number of ether oxygens (including phenoxy) is 3. The van der Waals surface area contributed by atoms with Gasteiger partial charge in [0.2, 0.25) is 5.82 Å². The molecule has 0 spiro atoms. The van der Waals surface area contributed by atoms with E-state index in [-0.39, 0.29) is 23.3 Å². The van der Waals surface area contributed by atoms with Crippen molar-refractivity contribution in [2.24, 2.45) is 0 Å². The maximum absolute atomic E-state index is 14.9. The van der Waals surface area contributed by atoms with Crippen molar-refractivity contribution in [1.29, 1.82) is 0 Å². The van der Waals surface area contributed by atoms with E-state index in [1.165, 1.54) is 30.3 Å². The molecule has 0 N–H and O–H groups in total. The van der Waals surface area contributed by atoms with Crippen molar-refractivity contribution in [3.05, 3.63) is 77.6 Å². The fourth-order valence-electron chi connectivity index (χ4n) is 4.05. The highest BCUT2D eigenvalue weighted by Crippen LogP contribution is 2.40. The fourth-order valence-corrected chi connectivity index (χ4v) is 4.05. The van der Waals surface area contributed by atoms with E-state index in [2.05, 4.69) is 4.74 Å². The first-order valence-electron chi connectivity index (χ1n) is 11.1. The SMILES string of the molecule is COC1CCC(c2ccc(-c3ccc(-c4ccc(OC(F)(F)C(F)(F)F)c(F)c4F)cc3)c(F)c2)CO1. The Labute approximate surface area is 206 Å². The zero-order valence-corrected chi connectivity index (χ0v) is 19.2. The summed E-state index contributed by atoms with van der Waals surface area (Å²) in [5.74, 6) is -5.76. The van der Waals surface area contributed by atoms with Crippen molar-refractivity contribution in [3.8, 4) is 28.0 Å². The maximum atomic E-state index is 14.9. The monoisotopic (exact) mass is 532 g/mol. The Morgan fingerprint density at radius 2 is 1.41 bits per heavy atom. The van der Waals surface area contributed by atoms with E-state index in [0.29, 0.717) is 24.7 Å². The Morgan fingerprint density at radius 3 is 1.95 bits per heavy atom. The second-order valence-corrected chi connectivity index (χ2v) is 8.45. The molecule has 198 valence electrons. The molecule has 0 radical (unpaired) electrons. The van der Waals surface area contributed by atoms with Crippen LogP contribution in [0.3, 0.4) is 0 Å². The predicted octanol–water partition coefficient (Wildman–Crippen LogP) is 7.84. The van der Waals surface area contributed by atoms with Crippen LogP contribution in [0.25, 0.3) is 22.3 Å². The first kappa shape index (κ1) is 26.9. The summed E-state index contributed by atoms with van der Waals surface area (Å²) in [4.78, 5) is 0. The molecule has 0 saturated carbocycles. The van der Waals surface area contributed by atoms with Gasteiger partial charge in [0.25, 0.3) is 0 Å². The van der Waals surface area contributed by atoms with Crippen LogP contribution in [0.2, 0.25) is 0 Å². The van der Waals surface area contributed by atoms with E-state index in [1.807, 2.05) is 0 Å². The molecule has 11 heteroatoms. The van der Waals surface area contributed by atoms with Gasteiger partial charge in [-0.3, -0.25) is 0 Å². The Bertz CT molecular complexity index is 1250. The summed E-state index contributed by atoms with van der Waals surface area (Å²) < 4.78 is 121. The highest BCUT2D eigenvalue weighted by atomic mass is 19.4. The molecular weight excluding hydrogens is 512 g/mol. The first-order valence-corrected chi connectivity index (χ1v) is 11.1. The second kappa shape index (κ2) is 10.3. The number of hydrogen-bond acceptors (Lipinski definition) is 3. The van der Waals surface area contributed by atoms with Gasteiger partial charge in [-0.25, -0.2) is 8.78 Å². The molecule has 0 amide bonds. The van der Waals surface area contributed by atoms with Gasteiger partial charge in [-0.2, -0.15) is 26.3 Å². The minimum atomic E-state index is -6.12. The standard InChI is InChI=1S/C26H20F8O3/c1-35-22-11-7-17(13-36-22)16-6-8-18(20(27)12-16)14-2-4-15(5-3-14)19-9-10-21(24(29)23(19)28)37-26(33,34)25(30,31)32/h2-6,8-10,12,17,22H,7,11,13H2,1H3. The molecule has 1 saturated heterocycles.